The Balaban J connectivity index is 2.32. The third kappa shape index (κ3) is 2.94. The summed E-state index contributed by atoms with van der Waals surface area (Å²) in [5, 5.41) is 2.90. The van der Waals surface area contributed by atoms with Crippen LogP contribution in [0.4, 0.5) is 0 Å². The van der Waals surface area contributed by atoms with Crippen molar-refractivity contribution in [2.24, 2.45) is 5.92 Å². The third-order valence-electron chi connectivity index (χ3n) is 4.21. The second-order valence-corrected chi connectivity index (χ2v) is 6.34. The maximum atomic E-state index is 12.9. The average molecular weight is 288 g/mol. The van der Waals surface area contributed by atoms with Gasteiger partial charge >= 0.3 is 0 Å². The summed E-state index contributed by atoms with van der Waals surface area (Å²) in [6.45, 7) is 8.44. The number of hydrogen-bond acceptors (Lipinski definition) is 2. The molecule has 114 valence electrons. The van der Waals surface area contributed by atoms with Crippen molar-refractivity contribution in [2.45, 2.75) is 45.7 Å². The van der Waals surface area contributed by atoms with Gasteiger partial charge in [-0.1, -0.05) is 44.2 Å². The van der Waals surface area contributed by atoms with Crippen molar-refractivity contribution < 1.29 is 9.59 Å². The van der Waals surface area contributed by atoms with Crippen molar-refractivity contribution in [2.75, 3.05) is 6.54 Å². The van der Waals surface area contributed by atoms with Gasteiger partial charge in [0, 0.05) is 6.54 Å². The summed E-state index contributed by atoms with van der Waals surface area (Å²) in [6.07, 6.45) is 0.897. The highest BCUT2D eigenvalue weighted by Crippen LogP contribution is 2.28. The van der Waals surface area contributed by atoms with Crippen LogP contribution >= 0.6 is 0 Å². The zero-order chi connectivity index (χ0) is 15.6. The smallest absolute Gasteiger partial charge is 0.253 e. The number of piperazine rings is 1. The van der Waals surface area contributed by atoms with E-state index in [9.17, 15) is 9.59 Å². The molecular weight excluding hydrogens is 264 g/mol. The first-order chi connectivity index (χ1) is 9.86. The molecule has 2 amide bonds. The molecule has 1 N–H and O–H groups in total. The van der Waals surface area contributed by atoms with Crippen LogP contribution in [0.3, 0.4) is 0 Å². The molecule has 2 unspecified atom stereocenters. The monoisotopic (exact) mass is 288 g/mol. The molecule has 0 bridgehead atoms. The molecule has 1 fully saturated rings. The zero-order valence-corrected chi connectivity index (χ0v) is 13.2. The lowest BCUT2D eigenvalue weighted by Gasteiger charge is -2.43. The van der Waals surface area contributed by atoms with Crippen molar-refractivity contribution in [3.05, 3.63) is 35.9 Å². The molecule has 1 aliphatic rings. The number of nitrogens with one attached hydrogen (secondary N) is 1. The van der Waals surface area contributed by atoms with E-state index in [0.29, 0.717) is 12.5 Å². The molecule has 21 heavy (non-hydrogen) atoms. The van der Waals surface area contributed by atoms with Gasteiger partial charge in [0.05, 0.1) is 0 Å². The summed E-state index contributed by atoms with van der Waals surface area (Å²) in [5.74, 6) is 0.379. The molecule has 0 radical (unpaired) electrons. The van der Waals surface area contributed by atoms with Crippen LogP contribution in [-0.4, -0.2) is 29.3 Å². The van der Waals surface area contributed by atoms with Gasteiger partial charge in [0.25, 0.3) is 5.91 Å². The Hall–Kier alpha value is -1.84. The molecular formula is C17H24N2O2. The van der Waals surface area contributed by atoms with Gasteiger partial charge in [-0.05, 0) is 31.7 Å². The Morgan fingerprint density at radius 3 is 2.43 bits per heavy atom. The molecule has 1 heterocycles. The van der Waals surface area contributed by atoms with Crippen LogP contribution in [0.2, 0.25) is 0 Å². The highest BCUT2D eigenvalue weighted by Gasteiger charge is 2.47. The summed E-state index contributed by atoms with van der Waals surface area (Å²) >= 11 is 0. The summed E-state index contributed by atoms with van der Waals surface area (Å²) in [6, 6.07) is 9.03. The van der Waals surface area contributed by atoms with Gasteiger partial charge in [0.2, 0.25) is 5.91 Å². The molecule has 2 atom stereocenters. The van der Waals surface area contributed by atoms with Crippen LogP contribution in [0.15, 0.2) is 30.3 Å². The van der Waals surface area contributed by atoms with Crippen LogP contribution in [0.1, 0.15) is 39.7 Å². The topological polar surface area (TPSA) is 49.4 Å². The SMILES string of the molecule is CC(C)CCN1C(=O)C(C)(c2ccccc2)NC(=O)C1C. The molecule has 1 aliphatic heterocycles. The molecule has 1 aromatic carbocycles. The van der Waals surface area contributed by atoms with E-state index in [1.165, 1.54) is 0 Å². The van der Waals surface area contributed by atoms with E-state index in [2.05, 4.69) is 19.2 Å². The minimum atomic E-state index is -0.970. The van der Waals surface area contributed by atoms with E-state index >= 15 is 0 Å². The normalized spacial score (nSPS) is 26.1. The number of carbonyl (C=O) groups is 2. The van der Waals surface area contributed by atoms with E-state index in [1.807, 2.05) is 30.3 Å². The van der Waals surface area contributed by atoms with Crippen LogP contribution in [0, 0.1) is 5.92 Å². The van der Waals surface area contributed by atoms with Crippen molar-refractivity contribution in [1.82, 2.24) is 10.2 Å². The predicted octanol–water partition coefficient (Wildman–Crippen LogP) is 2.29. The van der Waals surface area contributed by atoms with Gasteiger partial charge in [-0.15, -0.1) is 0 Å². The van der Waals surface area contributed by atoms with E-state index in [4.69, 9.17) is 0 Å². The van der Waals surface area contributed by atoms with Gasteiger partial charge in [-0.2, -0.15) is 0 Å². The molecule has 0 saturated carbocycles. The van der Waals surface area contributed by atoms with Gasteiger partial charge in [0.15, 0.2) is 0 Å². The molecule has 4 heteroatoms. The van der Waals surface area contributed by atoms with Crippen LogP contribution in [-0.2, 0) is 15.1 Å². The second-order valence-electron chi connectivity index (χ2n) is 6.34. The molecule has 0 aliphatic carbocycles. The van der Waals surface area contributed by atoms with E-state index in [-0.39, 0.29) is 11.8 Å². The first-order valence-electron chi connectivity index (χ1n) is 7.55. The van der Waals surface area contributed by atoms with Gasteiger partial charge in [0.1, 0.15) is 11.6 Å². The third-order valence-corrected chi connectivity index (χ3v) is 4.21. The van der Waals surface area contributed by atoms with Gasteiger partial charge in [-0.3, -0.25) is 9.59 Å². The molecule has 0 aromatic heterocycles. The first kappa shape index (κ1) is 15.5. The second kappa shape index (κ2) is 5.88. The Kier molecular flexibility index (Phi) is 4.35. The maximum Gasteiger partial charge on any atom is 0.253 e. The number of amides is 2. The number of benzene rings is 1. The number of hydrogen-bond donors (Lipinski definition) is 1. The fraction of sp³-hybridized carbons (Fsp3) is 0.529. The number of carbonyl (C=O) groups excluding carboxylic acids is 2. The highest BCUT2D eigenvalue weighted by atomic mass is 16.2. The summed E-state index contributed by atoms with van der Waals surface area (Å²) in [4.78, 5) is 26.9. The highest BCUT2D eigenvalue weighted by molar-refractivity contribution is 6.00. The van der Waals surface area contributed by atoms with Crippen molar-refractivity contribution in [3.8, 4) is 0 Å². The lowest BCUT2D eigenvalue weighted by Crippen LogP contribution is -2.66. The quantitative estimate of drug-likeness (QED) is 0.924. The predicted molar refractivity (Wildman–Crippen MR) is 82.6 cm³/mol. The first-order valence-corrected chi connectivity index (χ1v) is 7.55. The minimum absolute atomic E-state index is 0.0264. The maximum absolute atomic E-state index is 12.9. The van der Waals surface area contributed by atoms with Crippen molar-refractivity contribution in [3.63, 3.8) is 0 Å². The Morgan fingerprint density at radius 1 is 1.24 bits per heavy atom. The largest absolute Gasteiger partial charge is 0.336 e. The van der Waals surface area contributed by atoms with Crippen LogP contribution in [0.25, 0.3) is 0 Å². The molecule has 1 saturated heterocycles. The molecule has 1 aromatic rings. The standard InChI is InChI=1S/C17H24N2O2/c1-12(2)10-11-19-13(3)15(20)18-17(4,16(19)21)14-8-6-5-7-9-14/h5-9,12-13H,10-11H2,1-4H3,(H,18,20). The van der Waals surface area contributed by atoms with Gasteiger partial charge < -0.3 is 10.2 Å². The zero-order valence-electron chi connectivity index (χ0n) is 13.2. The summed E-state index contributed by atoms with van der Waals surface area (Å²) in [5.41, 5.74) is -0.147. The fourth-order valence-electron chi connectivity index (χ4n) is 2.67. The van der Waals surface area contributed by atoms with E-state index in [0.717, 1.165) is 12.0 Å². The molecule has 4 nitrogen and oxygen atoms in total. The van der Waals surface area contributed by atoms with Crippen LogP contribution in [0.5, 0.6) is 0 Å². The lowest BCUT2D eigenvalue weighted by molar-refractivity contribution is -0.154. The average Bonchev–Trinajstić information content (AvgIpc) is 2.46. The van der Waals surface area contributed by atoms with E-state index < -0.39 is 11.6 Å². The van der Waals surface area contributed by atoms with Gasteiger partial charge in [-0.25, -0.2) is 0 Å². The Labute approximate surface area is 126 Å². The summed E-state index contributed by atoms with van der Waals surface area (Å²) in [7, 11) is 0. The molecule has 0 spiro atoms. The van der Waals surface area contributed by atoms with Crippen molar-refractivity contribution in [1.29, 1.82) is 0 Å². The summed E-state index contributed by atoms with van der Waals surface area (Å²) < 4.78 is 0. The Bertz CT molecular complexity index is 527. The van der Waals surface area contributed by atoms with E-state index in [1.54, 1.807) is 18.7 Å². The Morgan fingerprint density at radius 2 is 1.86 bits per heavy atom. The lowest BCUT2D eigenvalue weighted by atomic mass is 9.87. The number of rotatable bonds is 4. The fourth-order valence-corrected chi connectivity index (χ4v) is 2.67. The minimum Gasteiger partial charge on any atom is -0.336 e. The van der Waals surface area contributed by atoms with Crippen molar-refractivity contribution >= 4 is 11.8 Å². The number of nitrogens with zero attached hydrogens (tertiary/aromatic N) is 1. The van der Waals surface area contributed by atoms with Crippen LogP contribution < -0.4 is 5.32 Å². The molecule has 2 rings (SSSR count).